The largest absolute Gasteiger partial charge is 0.489 e. The number of piperidine rings is 1. The Morgan fingerprint density at radius 3 is 2.49 bits per heavy atom. The molecule has 2 saturated carbocycles. The fraction of sp³-hybridized carbons (Fsp3) is 0.500. The van der Waals surface area contributed by atoms with Crippen LogP contribution in [-0.4, -0.2) is 62.0 Å². The average Bonchev–Trinajstić information content (AvgIpc) is 3.66. The lowest BCUT2D eigenvalue weighted by Crippen LogP contribution is -2.55. The minimum Gasteiger partial charge on any atom is -0.489 e. The van der Waals surface area contributed by atoms with E-state index < -0.39 is 37.3 Å². The van der Waals surface area contributed by atoms with Crippen molar-refractivity contribution in [1.29, 1.82) is 0 Å². The van der Waals surface area contributed by atoms with E-state index >= 15 is 4.39 Å². The van der Waals surface area contributed by atoms with Crippen LogP contribution in [0.5, 0.6) is 5.75 Å². The summed E-state index contributed by atoms with van der Waals surface area (Å²) >= 11 is 0. The Hall–Kier alpha value is -4.23. The lowest BCUT2D eigenvalue weighted by atomic mass is 9.59. The fourth-order valence-electron chi connectivity index (χ4n) is 8.90. The van der Waals surface area contributed by atoms with Crippen molar-refractivity contribution in [2.24, 2.45) is 5.41 Å². The van der Waals surface area contributed by atoms with Crippen molar-refractivity contribution in [3.8, 4) is 5.75 Å². The highest BCUT2D eigenvalue weighted by molar-refractivity contribution is 7.90. The number of benzene rings is 3. The Kier molecular flexibility index (Phi) is 8.29. The van der Waals surface area contributed by atoms with Gasteiger partial charge in [-0.3, -0.25) is 19.8 Å². The van der Waals surface area contributed by atoms with Crippen LogP contribution in [0.1, 0.15) is 98.7 Å². The standard InChI is InChI=1S/C38H44FN5O6S/c1-24(2)28-6-3-4-7-29(28)31-8-5-15-43(31)26-21-37(22-26)13-16-42(17-14-37)32-10-9-25(18-30(32)39)36(45)41-51(48,49)27-19-33(44(46)47)35-34(20-27)50-23-38(40-35)11-12-38/h3-4,6-7,9-10,18-20,24,26,31,40H,5,8,11-17,21-23H2,1-2H3,(H,41,45). The monoisotopic (exact) mass is 717 g/mol. The summed E-state index contributed by atoms with van der Waals surface area (Å²) in [6.45, 7) is 7.34. The van der Waals surface area contributed by atoms with Crippen LogP contribution in [0.2, 0.25) is 0 Å². The first-order valence-corrected chi connectivity index (χ1v) is 19.5. The summed E-state index contributed by atoms with van der Waals surface area (Å²) < 4.78 is 49.6. The van der Waals surface area contributed by atoms with Gasteiger partial charge in [-0.2, -0.15) is 0 Å². The average molecular weight is 718 g/mol. The van der Waals surface area contributed by atoms with Gasteiger partial charge in [0.25, 0.3) is 21.6 Å². The van der Waals surface area contributed by atoms with Gasteiger partial charge in [0.2, 0.25) is 0 Å². The number of nitro groups is 1. The van der Waals surface area contributed by atoms with Crippen LogP contribution in [0.4, 0.5) is 21.5 Å². The van der Waals surface area contributed by atoms with Crippen molar-refractivity contribution in [3.63, 3.8) is 0 Å². The molecular weight excluding hydrogens is 674 g/mol. The van der Waals surface area contributed by atoms with E-state index in [4.69, 9.17) is 4.74 Å². The molecule has 8 rings (SSSR count). The Labute approximate surface area is 297 Å². The van der Waals surface area contributed by atoms with Crippen LogP contribution in [0, 0.1) is 21.3 Å². The molecule has 1 amide bonds. The van der Waals surface area contributed by atoms with Gasteiger partial charge < -0.3 is 15.0 Å². The second-order valence-corrected chi connectivity index (χ2v) is 17.3. The van der Waals surface area contributed by atoms with Crippen molar-refractivity contribution in [1.82, 2.24) is 9.62 Å². The maximum atomic E-state index is 15.5. The second-order valence-electron chi connectivity index (χ2n) is 15.6. The minimum atomic E-state index is -4.55. The summed E-state index contributed by atoms with van der Waals surface area (Å²) in [7, 11) is -4.55. The molecule has 2 spiro atoms. The molecule has 5 aliphatic rings. The first-order valence-electron chi connectivity index (χ1n) is 18.1. The van der Waals surface area contributed by atoms with Crippen molar-refractivity contribution in [3.05, 3.63) is 87.2 Å². The summed E-state index contributed by atoms with van der Waals surface area (Å²) in [6, 6.07) is 16.0. The molecule has 0 radical (unpaired) electrons. The predicted octanol–water partition coefficient (Wildman–Crippen LogP) is 6.90. The molecule has 11 nitrogen and oxygen atoms in total. The van der Waals surface area contributed by atoms with Gasteiger partial charge in [-0.15, -0.1) is 0 Å². The number of carbonyl (C=O) groups excluding carboxylic acids is 1. The van der Waals surface area contributed by atoms with E-state index in [9.17, 15) is 23.3 Å². The predicted molar refractivity (Wildman–Crippen MR) is 191 cm³/mol. The highest BCUT2D eigenvalue weighted by Crippen LogP contribution is 2.54. The number of nitrogens with one attached hydrogen (secondary N) is 2. The van der Waals surface area contributed by atoms with E-state index in [1.54, 1.807) is 0 Å². The Morgan fingerprint density at radius 1 is 1.06 bits per heavy atom. The smallest absolute Gasteiger partial charge is 0.297 e. The van der Waals surface area contributed by atoms with E-state index in [-0.39, 0.29) is 34.6 Å². The maximum absolute atomic E-state index is 15.5. The zero-order valence-corrected chi connectivity index (χ0v) is 29.8. The minimum absolute atomic E-state index is 0.0262. The number of sulfonamides is 1. The van der Waals surface area contributed by atoms with Crippen LogP contribution >= 0.6 is 0 Å². The molecule has 1 atom stereocenters. The van der Waals surface area contributed by atoms with E-state index in [1.807, 2.05) is 9.62 Å². The quantitative estimate of drug-likeness (QED) is 0.189. The van der Waals surface area contributed by atoms with Crippen LogP contribution in [0.25, 0.3) is 0 Å². The molecule has 3 aromatic rings. The summed E-state index contributed by atoms with van der Waals surface area (Å²) in [5, 5.41) is 14.9. The number of anilines is 2. The molecule has 2 aliphatic carbocycles. The van der Waals surface area contributed by atoms with Crippen molar-refractivity contribution < 1.29 is 27.3 Å². The molecule has 0 bridgehead atoms. The van der Waals surface area contributed by atoms with Crippen molar-refractivity contribution in [2.45, 2.75) is 93.7 Å². The van der Waals surface area contributed by atoms with Crippen LogP contribution in [-0.2, 0) is 10.0 Å². The third-order valence-electron chi connectivity index (χ3n) is 12.0. The molecule has 1 unspecified atom stereocenters. The molecule has 3 heterocycles. The summed E-state index contributed by atoms with van der Waals surface area (Å²) in [6.07, 6.45) is 8.27. The fourth-order valence-corrected chi connectivity index (χ4v) is 9.91. The number of nitro benzene ring substituents is 1. The highest BCUT2D eigenvalue weighted by Gasteiger charge is 2.50. The lowest BCUT2D eigenvalue weighted by Gasteiger charge is -2.56. The molecular formula is C38H44FN5O6S. The number of hydrogen-bond donors (Lipinski definition) is 2. The van der Waals surface area contributed by atoms with Gasteiger partial charge in [0.15, 0.2) is 11.4 Å². The number of likely N-dealkylation sites (tertiary alicyclic amines) is 1. The number of carbonyl (C=O) groups is 1. The first kappa shape index (κ1) is 33.9. The molecule has 51 heavy (non-hydrogen) atoms. The van der Waals surface area contributed by atoms with E-state index in [0.717, 1.165) is 63.3 Å². The van der Waals surface area contributed by atoms with Gasteiger partial charge in [-0.05, 0) is 98.6 Å². The molecule has 2 saturated heterocycles. The molecule has 270 valence electrons. The van der Waals surface area contributed by atoms with Crippen LogP contribution in [0.15, 0.2) is 59.5 Å². The molecule has 4 fully saturated rings. The normalized spacial score (nSPS) is 22.3. The van der Waals surface area contributed by atoms with E-state index in [2.05, 4.69) is 48.3 Å². The zero-order chi connectivity index (χ0) is 35.7. The number of amides is 1. The molecule has 3 aromatic carbocycles. The third kappa shape index (κ3) is 6.22. The van der Waals surface area contributed by atoms with Crippen molar-refractivity contribution >= 4 is 33.0 Å². The summed E-state index contributed by atoms with van der Waals surface area (Å²) in [5.41, 5.74) is 2.70. The zero-order valence-electron chi connectivity index (χ0n) is 29.0. The van der Waals surface area contributed by atoms with Crippen LogP contribution in [0.3, 0.4) is 0 Å². The van der Waals surface area contributed by atoms with Gasteiger partial charge in [0.05, 0.1) is 21.0 Å². The number of fused-ring (bicyclic) bond motifs is 1. The second kappa shape index (κ2) is 12.5. The number of halogens is 1. The maximum Gasteiger partial charge on any atom is 0.297 e. The van der Waals surface area contributed by atoms with E-state index in [1.165, 1.54) is 36.1 Å². The van der Waals surface area contributed by atoms with Gasteiger partial charge in [0.1, 0.15) is 12.4 Å². The SMILES string of the molecule is CC(C)c1ccccc1C1CCCN1C1CC2(CCN(c3ccc(C(=O)NS(=O)(=O)c4cc5c(c([N+](=O)[O-])c4)NC4(CC4)CO5)cc3F)CC2)C1. The topological polar surface area (TPSA) is 134 Å². The number of nitrogens with zero attached hydrogens (tertiary/aromatic N) is 3. The van der Waals surface area contributed by atoms with Gasteiger partial charge in [-0.1, -0.05) is 38.1 Å². The molecule has 0 aromatic heterocycles. The summed E-state index contributed by atoms with van der Waals surface area (Å²) in [4.78, 5) is 28.5. The van der Waals surface area contributed by atoms with Crippen molar-refractivity contribution in [2.75, 3.05) is 36.5 Å². The Balaban J connectivity index is 0.896. The molecule has 3 aliphatic heterocycles. The van der Waals surface area contributed by atoms with Gasteiger partial charge >= 0.3 is 0 Å². The summed E-state index contributed by atoms with van der Waals surface area (Å²) in [5.74, 6) is -1.12. The van der Waals surface area contributed by atoms with Gasteiger partial charge in [-0.25, -0.2) is 17.5 Å². The molecule has 2 N–H and O–H groups in total. The Morgan fingerprint density at radius 2 is 1.80 bits per heavy atom. The number of hydrogen-bond acceptors (Lipinski definition) is 9. The number of ether oxygens (including phenoxy) is 1. The van der Waals surface area contributed by atoms with E-state index in [0.29, 0.717) is 36.8 Å². The van der Waals surface area contributed by atoms with Crippen LogP contribution < -0.4 is 19.7 Å². The molecule has 13 heteroatoms. The first-order chi connectivity index (χ1) is 24.4. The Bertz CT molecular complexity index is 2000. The lowest BCUT2D eigenvalue weighted by molar-refractivity contribution is -0.384. The highest BCUT2D eigenvalue weighted by atomic mass is 32.2. The third-order valence-corrected chi connectivity index (χ3v) is 13.3. The van der Waals surface area contributed by atoms with Gasteiger partial charge in [0, 0.05) is 42.9 Å². The number of rotatable bonds is 8.